The van der Waals surface area contributed by atoms with Crippen molar-refractivity contribution in [2.45, 2.75) is 13.5 Å². The second-order valence-electron chi connectivity index (χ2n) is 5.32. The molecule has 3 aromatic rings. The highest BCUT2D eigenvalue weighted by molar-refractivity contribution is 5.94. The second kappa shape index (κ2) is 6.95. The van der Waals surface area contributed by atoms with Gasteiger partial charge in [-0.05, 0) is 48.9 Å². The van der Waals surface area contributed by atoms with Crippen molar-refractivity contribution >= 4 is 5.91 Å². The van der Waals surface area contributed by atoms with Crippen LogP contribution in [-0.4, -0.2) is 27.8 Å². The van der Waals surface area contributed by atoms with Crippen LogP contribution < -0.4 is 10.1 Å². The standard InChI is InChI=1S/C18H18N4O2/c1-13-7-10-21-22(13)16-5-3-15(4-6-16)18(23)20-12-14-8-9-19-17(11-14)24-2/h3-11H,12H2,1-2H3,(H,20,23). The Balaban J connectivity index is 1.66. The van der Waals surface area contributed by atoms with Gasteiger partial charge in [-0.3, -0.25) is 4.79 Å². The largest absolute Gasteiger partial charge is 0.481 e. The van der Waals surface area contributed by atoms with Gasteiger partial charge in [-0.2, -0.15) is 5.10 Å². The minimum atomic E-state index is -0.130. The van der Waals surface area contributed by atoms with Gasteiger partial charge >= 0.3 is 0 Å². The molecular weight excluding hydrogens is 304 g/mol. The highest BCUT2D eigenvalue weighted by Gasteiger charge is 2.07. The molecule has 1 amide bonds. The zero-order valence-corrected chi connectivity index (χ0v) is 13.6. The van der Waals surface area contributed by atoms with Crippen molar-refractivity contribution in [3.8, 4) is 11.6 Å². The lowest BCUT2D eigenvalue weighted by molar-refractivity contribution is 0.0951. The number of carbonyl (C=O) groups excluding carboxylic acids is 1. The number of aryl methyl sites for hydroxylation is 1. The number of benzene rings is 1. The number of pyridine rings is 1. The van der Waals surface area contributed by atoms with Crippen molar-refractivity contribution in [2.75, 3.05) is 7.11 Å². The Kier molecular flexibility index (Phi) is 4.56. The number of aromatic nitrogens is 3. The number of amides is 1. The van der Waals surface area contributed by atoms with E-state index in [9.17, 15) is 4.79 Å². The zero-order valence-electron chi connectivity index (χ0n) is 13.6. The molecule has 2 heterocycles. The summed E-state index contributed by atoms with van der Waals surface area (Å²) >= 11 is 0. The highest BCUT2D eigenvalue weighted by atomic mass is 16.5. The molecule has 3 rings (SSSR count). The van der Waals surface area contributed by atoms with E-state index in [2.05, 4.69) is 15.4 Å². The van der Waals surface area contributed by atoms with Crippen LogP contribution in [0.5, 0.6) is 5.88 Å². The average Bonchev–Trinajstić information content (AvgIpc) is 3.06. The topological polar surface area (TPSA) is 69.0 Å². The Labute approximate surface area is 140 Å². The Morgan fingerprint density at radius 2 is 1.96 bits per heavy atom. The Morgan fingerprint density at radius 1 is 1.17 bits per heavy atom. The first-order valence-electron chi connectivity index (χ1n) is 7.55. The Hall–Kier alpha value is -3.15. The third-order valence-electron chi connectivity index (χ3n) is 3.67. The summed E-state index contributed by atoms with van der Waals surface area (Å²) in [5, 5.41) is 7.14. The van der Waals surface area contributed by atoms with E-state index in [1.807, 2.05) is 35.9 Å². The number of ether oxygens (including phenoxy) is 1. The number of nitrogens with one attached hydrogen (secondary N) is 1. The molecule has 24 heavy (non-hydrogen) atoms. The monoisotopic (exact) mass is 322 g/mol. The van der Waals surface area contributed by atoms with E-state index < -0.39 is 0 Å². The van der Waals surface area contributed by atoms with Gasteiger partial charge < -0.3 is 10.1 Å². The van der Waals surface area contributed by atoms with E-state index in [0.29, 0.717) is 18.0 Å². The molecule has 0 saturated heterocycles. The summed E-state index contributed by atoms with van der Waals surface area (Å²) in [5.41, 5.74) is 3.50. The maximum absolute atomic E-state index is 12.3. The van der Waals surface area contributed by atoms with Crippen molar-refractivity contribution in [2.24, 2.45) is 0 Å². The molecule has 1 aromatic carbocycles. The minimum Gasteiger partial charge on any atom is -0.481 e. The van der Waals surface area contributed by atoms with Crippen molar-refractivity contribution < 1.29 is 9.53 Å². The molecule has 0 spiro atoms. The molecule has 122 valence electrons. The maximum atomic E-state index is 12.3. The predicted octanol–water partition coefficient (Wildman–Crippen LogP) is 2.51. The number of nitrogens with zero attached hydrogens (tertiary/aromatic N) is 3. The minimum absolute atomic E-state index is 0.130. The number of hydrogen-bond acceptors (Lipinski definition) is 4. The van der Waals surface area contributed by atoms with Crippen LogP contribution in [0, 0.1) is 6.92 Å². The molecule has 6 nitrogen and oxygen atoms in total. The number of hydrogen-bond donors (Lipinski definition) is 1. The summed E-state index contributed by atoms with van der Waals surface area (Å²) in [6.45, 7) is 2.40. The molecule has 0 radical (unpaired) electrons. The third-order valence-corrected chi connectivity index (χ3v) is 3.67. The van der Waals surface area contributed by atoms with E-state index in [-0.39, 0.29) is 5.91 Å². The van der Waals surface area contributed by atoms with E-state index in [1.165, 1.54) is 0 Å². The molecule has 0 unspecified atom stereocenters. The molecule has 0 aliphatic heterocycles. The number of carbonyl (C=O) groups is 1. The fourth-order valence-electron chi connectivity index (χ4n) is 2.35. The molecule has 0 atom stereocenters. The Morgan fingerprint density at radius 3 is 2.62 bits per heavy atom. The second-order valence-corrected chi connectivity index (χ2v) is 5.32. The third kappa shape index (κ3) is 3.43. The maximum Gasteiger partial charge on any atom is 0.251 e. The van der Waals surface area contributed by atoms with Crippen LogP contribution >= 0.6 is 0 Å². The van der Waals surface area contributed by atoms with Gasteiger partial charge in [0, 0.05) is 36.3 Å². The first-order valence-corrected chi connectivity index (χ1v) is 7.55. The number of methoxy groups -OCH3 is 1. The summed E-state index contributed by atoms with van der Waals surface area (Å²) in [7, 11) is 1.56. The van der Waals surface area contributed by atoms with E-state index in [0.717, 1.165) is 16.9 Å². The average molecular weight is 322 g/mol. The van der Waals surface area contributed by atoms with Gasteiger partial charge in [0.25, 0.3) is 5.91 Å². The lowest BCUT2D eigenvalue weighted by Crippen LogP contribution is -2.22. The summed E-state index contributed by atoms with van der Waals surface area (Å²) in [6.07, 6.45) is 3.40. The van der Waals surface area contributed by atoms with Crippen molar-refractivity contribution in [3.63, 3.8) is 0 Å². The van der Waals surface area contributed by atoms with Gasteiger partial charge in [0.2, 0.25) is 5.88 Å². The summed E-state index contributed by atoms with van der Waals surface area (Å²) < 4.78 is 6.90. The van der Waals surface area contributed by atoms with E-state index in [4.69, 9.17) is 4.74 Å². The van der Waals surface area contributed by atoms with Crippen LogP contribution in [0.15, 0.2) is 54.9 Å². The molecule has 1 N–H and O–H groups in total. The normalized spacial score (nSPS) is 10.4. The van der Waals surface area contributed by atoms with Gasteiger partial charge in [-0.15, -0.1) is 0 Å². The van der Waals surface area contributed by atoms with Crippen LogP contribution in [0.4, 0.5) is 0 Å². The molecule has 0 fully saturated rings. The smallest absolute Gasteiger partial charge is 0.251 e. The fraction of sp³-hybridized carbons (Fsp3) is 0.167. The highest BCUT2D eigenvalue weighted by Crippen LogP contribution is 2.12. The van der Waals surface area contributed by atoms with Gasteiger partial charge in [-0.25, -0.2) is 9.67 Å². The van der Waals surface area contributed by atoms with Gasteiger partial charge in [0.1, 0.15) is 0 Å². The van der Waals surface area contributed by atoms with Gasteiger partial charge in [-0.1, -0.05) is 0 Å². The van der Waals surface area contributed by atoms with Crippen LogP contribution in [-0.2, 0) is 6.54 Å². The lowest BCUT2D eigenvalue weighted by atomic mass is 10.2. The van der Waals surface area contributed by atoms with Gasteiger partial charge in [0.05, 0.1) is 12.8 Å². The lowest BCUT2D eigenvalue weighted by Gasteiger charge is -2.08. The predicted molar refractivity (Wildman–Crippen MR) is 90.3 cm³/mol. The number of rotatable bonds is 5. The first kappa shape index (κ1) is 15.7. The molecule has 0 aliphatic rings. The van der Waals surface area contributed by atoms with E-state index in [1.54, 1.807) is 37.7 Å². The molecule has 6 heteroatoms. The van der Waals surface area contributed by atoms with Crippen LogP contribution in [0.25, 0.3) is 5.69 Å². The molecule has 0 bridgehead atoms. The first-order chi connectivity index (χ1) is 11.7. The summed E-state index contributed by atoms with van der Waals surface area (Å²) in [6, 6.07) is 12.9. The van der Waals surface area contributed by atoms with Crippen LogP contribution in [0.2, 0.25) is 0 Å². The molecule has 0 aliphatic carbocycles. The molecule has 0 saturated carbocycles. The van der Waals surface area contributed by atoms with Crippen molar-refractivity contribution in [3.05, 3.63) is 71.7 Å². The summed E-state index contributed by atoms with van der Waals surface area (Å²) in [4.78, 5) is 16.3. The van der Waals surface area contributed by atoms with Crippen molar-refractivity contribution in [1.29, 1.82) is 0 Å². The molecular formula is C18H18N4O2. The fourth-order valence-corrected chi connectivity index (χ4v) is 2.35. The zero-order chi connectivity index (χ0) is 16.9. The van der Waals surface area contributed by atoms with Crippen LogP contribution in [0.3, 0.4) is 0 Å². The van der Waals surface area contributed by atoms with Crippen molar-refractivity contribution in [1.82, 2.24) is 20.1 Å². The van der Waals surface area contributed by atoms with Gasteiger partial charge in [0.15, 0.2) is 0 Å². The van der Waals surface area contributed by atoms with E-state index >= 15 is 0 Å². The Bertz CT molecular complexity index is 840. The summed E-state index contributed by atoms with van der Waals surface area (Å²) in [5.74, 6) is 0.398. The SMILES string of the molecule is COc1cc(CNC(=O)c2ccc(-n3nccc3C)cc2)ccn1. The quantitative estimate of drug-likeness (QED) is 0.783. The van der Waals surface area contributed by atoms with Crippen LogP contribution in [0.1, 0.15) is 21.6 Å². The molecule has 2 aromatic heterocycles.